The first kappa shape index (κ1) is 9.98. The number of rotatable bonds is 4. The molecule has 5 nitrogen and oxygen atoms in total. The normalized spacial score (nSPS) is 21.3. The van der Waals surface area contributed by atoms with Crippen LogP contribution in [0.1, 0.15) is 12.8 Å². The molecule has 0 radical (unpaired) electrons. The van der Waals surface area contributed by atoms with Crippen LogP contribution in [0.5, 0.6) is 0 Å². The second kappa shape index (κ2) is 4.81. The third kappa shape index (κ3) is 3.42. The van der Waals surface area contributed by atoms with E-state index in [0.717, 1.165) is 0 Å². The molecule has 1 fully saturated rings. The van der Waals surface area contributed by atoms with Crippen molar-refractivity contribution < 1.29 is 9.59 Å². The van der Waals surface area contributed by atoms with E-state index in [0.29, 0.717) is 25.9 Å². The van der Waals surface area contributed by atoms with Crippen molar-refractivity contribution in [2.24, 2.45) is 0 Å². The fourth-order valence-corrected chi connectivity index (χ4v) is 1.25. The number of carbonyl (C=O) groups is 2. The monoisotopic (exact) mass is 185 g/mol. The third-order valence-corrected chi connectivity index (χ3v) is 1.94. The minimum Gasteiger partial charge on any atom is -0.354 e. The zero-order chi connectivity index (χ0) is 9.68. The standard InChI is InChI=1S/C8H15N3O2/c1-9-3-2-7(12)11-6-4-8(13)10-5-6/h6,9H,2-5H2,1H3,(H,10,13)(H,11,12). The Morgan fingerprint density at radius 1 is 1.69 bits per heavy atom. The Balaban J connectivity index is 2.17. The van der Waals surface area contributed by atoms with Crippen molar-refractivity contribution in [3.63, 3.8) is 0 Å². The zero-order valence-corrected chi connectivity index (χ0v) is 7.72. The maximum Gasteiger partial charge on any atom is 0.222 e. The highest BCUT2D eigenvalue weighted by Gasteiger charge is 2.22. The Morgan fingerprint density at radius 3 is 3.00 bits per heavy atom. The Labute approximate surface area is 77.3 Å². The predicted molar refractivity (Wildman–Crippen MR) is 48.1 cm³/mol. The van der Waals surface area contributed by atoms with E-state index in [2.05, 4.69) is 16.0 Å². The summed E-state index contributed by atoms with van der Waals surface area (Å²) in [6.07, 6.45) is 0.868. The van der Waals surface area contributed by atoms with Crippen LogP contribution in [0, 0.1) is 0 Å². The highest BCUT2D eigenvalue weighted by Crippen LogP contribution is 1.98. The fourth-order valence-electron chi connectivity index (χ4n) is 1.25. The van der Waals surface area contributed by atoms with Gasteiger partial charge in [-0.1, -0.05) is 0 Å². The summed E-state index contributed by atoms with van der Waals surface area (Å²) in [7, 11) is 1.80. The van der Waals surface area contributed by atoms with E-state index in [-0.39, 0.29) is 17.9 Å². The minimum atomic E-state index is -0.0168. The van der Waals surface area contributed by atoms with Crippen molar-refractivity contribution >= 4 is 11.8 Å². The van der Waals surface area contributed by atoms with Gasteiger partial charge in [-0.15, -0.1) is 0 Å². The molecule has 3 N–H and O–H groups in total. The molecule has 2 amide bonds. The predicted octanol–water partition coefficient (Wildman–Crippen LogP) is -1.40. The van der Waals surface area contributed by atoms with E-state index in [9.17, 15) is 9.59 Å². The average molecular weight is 185 g/mol. The van der Waals surface area contributed by atoms with Gasteiger partial charge in [0.15, 0.2) is 0 Å². The molecule has 1 rings (SSSR count). The summed E-state index contributed by atoms with van der Waals surface area (Å²) in [6.45, 7) is 1.23. The van der Waals surface area contributed by atoms with Crippen molar-refractivity contribution in [2.45, 2.75) is 18.9 Å². The number of nitrogens with one attached hydrogen (secondary N) is 3. The van der Waals surface area contributed by atoms with Gasteiger partial charge in [0.1, 0.15) is 0 Å². The molecule has 13 heavy (non-hydrogen) atoms. The molecule has 0 aromatic heterocycles. The first-order valence-corrected chi connectivity index (χ1v) is 4.43. The highest BCUT2D eigenvalue weighted by molar-refractivity contribution is 5.82. The minimum absolute atomic E-state index is 0.00384. The SMILES string of the molecule is CNCCC(=O)NC1CNC(=O)C1. The van der Waals surface area contributed by atoms with Crippen LogP contribution in [0.25, 0.3) is 0 Å². The molecule has 1 unspecified atom stereocenters. The lowest BCUT2D eigenvalue weighted by Crippen LogP contribution is -2.37. The summed E-state index contributed by atoms with van der Waals surface area (Å²) in [5, 5.41) is 8.33. The molecule has 1 aliphatic rings. The lowest BCUT2D eigenvalue weighted by atomic mass is 10.2. The second-order valence-electron chi connectivity index (χ2n) is 3.13. The van der Waals surface area contributed by atoms with Crippen LogP contribution in [0.3, 0.4) is 0 Å². The van der Waals surface area contributed by atoms with E-state index in [1.165, 1.54) is 0 Å². The van der Waals surface area contributed by atoms with Crippen LogP contribution in [0.4, 0.5) is 0 Å². The molecule has 1 heterocycles. The Morgan fingerprint density at radius 2 is 2.46 bits per heavy atom. The van der Waals surface area contributed by atoms with Crippen LogP contribution in [0.15, 0.2) is 0 Å². The molecule has 1 atom stereocenters. The molecule has 1 saturated heterocycles. The van der Waals surface area contributed by atoms with Crippen molar-refractivity contribution in [3.05, 3.63) is 0 Å². The van der Waals surface area contributed by atoms with Gasteiger partial charge in [-0.05, 0) is 7.05 Å². The topological polar surface area (TPSA) is 70.2 Å². The molecular weight excluding hydrogens is 170 g/mol. The lowest BCUT2D eigenvalue weighted by Gasteiger charge is -2.09. The second-order valence-corrected chi connectivity index (χ2v) is 3.13. The van der Waals surface area contributed by atoms with Gasteiger partial charge in [-0.3, -0.25) is 9.59 Å². The van der Waals surface area contributed by atoms with E-state index >= 15 is 0 Å². The van der Waals surface area contributed by atoms with Gasteiger partial charge in [0, 0.05) is 25.9 Å². The highest BCUT2D eigenvalue weighted by atomic mass is 16.2. The van der Waals surface area contributed by atoms with Crippen molar-refractivity contribution in [3.8, 4) is 0 Å². The Bertz CT molecular complexity index is 206. The Kier molecular flexibility index (Phi) is 3.70. The zero-order valence-electron chi connectivity index (χ0n) is 7.72. The van der Waals surface area contributed by atoms with Crippen molar-refractivity contribution in [1.29, 1.82) is 0 Å². The van der Waals surface area contributed by atoms with Crippen molar-refractivity contribution in [1.82, 2.24) is 16.0 Å². The largest absolute Gasteiger partial charge is 0.354 e. The van der Waals surface area contributed by atoms with Gasteiger partial charge in [0.05, 0.1) is 6.04 Å². The molecule has 0 saturated carbocycles. The average Bonchev–Trinajstić information content (AvgIpc) is 2.48. The molecule has 74 valence electrons. The van der Waals surface area contributed by atoms with E-state index in [1.54, 1.807) is 7.05 Å². The van der Waals surface area contributed by atoms with Crippen LogP contribution >= 0.6 is 0 Å². The summed E-state index contributed by atoms with van der Waals surface area (Å²) < 4.78 is 0. The van der Waals surface area contributed by atoms with E-state index in [1.807, 2.05) is 0 Å². The first-order valence-electron chi connectivity index (χ1n) is 4.43. The van der Waals surface area contributed by atoms with Crippen molar-refractivity contribution in [2.75, 3.05) is 20.1 Å². The molecule has 0 aromatic rings. The lowest BCUT2D eigenvalue weighted by molar-refractivity contribution is -0.121. The van der Waals surface area contributed by atoms with Crippen LogP contribution in [-0.4, -0.2) is 38.0 Å². The maximum atomic E-state index is 11.2. The van der Waals surface area contributed by atoms with Crippen LogP contribution in [-0.2, 0) is 9.59 Å². The molecule has 0 aromatic carbocycles. The maximum absolute atomic E-state index is 11.2. The summed E-state index contributed by atoms with van der Waals surface area (Å²) >= 11 is 0. The molecule has 5 heteroatoms. The molecular formula is C8H15N3O2. The number of hydrogen-bond acceptors (Lipinski definition) is 3. The fraction of sp³-hybridized carbons (Fsp3) is 0.750. The summed E-state index contributed by atoms with van der Waals surface area (Å²) in [6, 6.07) is -0.0168. The number of amides is 2. The van der Waals surface area contributed by atoms with Gasteiger partial charge in [-0.2, -0.15) is 0 Å². The smallest absolute Gasteiger partial charge is 0.222 e. The van der Waals surface area contributed by atoms with E-state index < -0.39 is 0 Å². The first-order chi connectivity index (χ1) is 6.22. The van der Waals surface area contributed by atoms with Gasteiger partial charge >= 0.3 is 0 Å². The Hall–Kier alpha value is -1.10. The number of carbonyl (C=O) groups excluding carboxylic acids is 2. The molecule has 1 aliphatic heterocycles. The van der Waals surface area contributed by atoms with E-state index in [4.69, 9.17) is 0 Å². The summed E-state index contributed by atoms with van der Waals surface area (Å²) in [5.41, 5.74) is 0. The van der Waals surface area contributed by atoms with Crippen LogP contribution in [0.2, 0.25) is 0 Å². The van der Waals surface area contributed by atoms with Gasteiger partial charge < -0.3 is 16.0 Å². The molecule has 0 bridgehead atoms. The quantitative estimate of drug-likeness (QED) is 0.504. The van der Waals surface area contributed by atoms with Crippen LogP contribution < -0.4 is 16.0 Å². The van der Waals surface area contributed by atoms with Gasteiger partial charge in [0.25, 0.3) is 0 Å². The summed E-state index contributed by atoms with van der Waals surface area (Å²) in [5.74, 6) is 0.00904. The third-order valence-electron chi connectivity index (χ3n) is 1.94. The van der Waals surface area contributed by atoms with Gasteiger partial charge in [0.2, 0.25) is 11.8 Å². The van der Waals surface area contributed by atoms with Gasteiger partial charge in [-0.25, -0.2) is 0 Å². The summed E-state index contributed by atoms with van der Waals surface area (Å²) in [4.78, 5) is 21.9. The molecule has 0 aliphatic carbocycles. The molecule has 0 spiro atoms. The number of hydrogen-bond donors (Lipinski definition) is 3.